The van der Waals surface area contributed by atoms with E-state index in [1.165, 1.54) is 11.1 Å². The van der Waals surface area contributed by atoms with Gasteiger partial charge in [0, 0.05) is 25.0 Å². The minimum absolute atomic E-state index is 0.481. The van der Waals surface area contributed by atoms with Crippen LogP contribution < -0.4 is 5.32 Å². The number of aryl methyl sites for hydroxylation is 1. The molecule has 0 unspecified atom stereocenters. The molecule has 1 aromatic heterocycles. The number of benzene rings is 1. The van der Waals surface area contributed by atoms with Crippen molar-refractivity contribution in [3.63, 3.8) is 0 Å². The fourth-order valence-corrected chi connectivity index (χ4v) is 1.84. The summed E-state index contributed by atoms with van der Waals surface area (Å²) in [6, 6.07) is 9.13. The molecule has 2 aromatic rings. The van der Waals surface area contributed by atoms with E-state index in [2.05, 4.69) is 59.9 Å². The summed E-state index contributed by atoms with van der Waals surface area (Å²) in [5.74, 6) is 1.09. The van der Waals surface area contributed by atoms with Gasteiger partial charge in [0.2, 0.25) is 0 Å². The predicted molar refractivity (Wildman–Crippen MR) is 74.5 cm³/mol. The van der Waals surface area contributed by atoms with Gasteiger partial charge in [-0.25, -0.2) is 4.98 Å². The Bertz CT molecular complexity index is 483. The van der Waals surface area contributed by atoms with Crippen molar-refractivity contribution in [2.24, 2.45) is 0 Å². The third kappa shape index (κ3) is 3.44. The van der Waals surface area contributed by atoms with Crippen molar-refractivity contribution >= 4 is 0 Å². The number of hydrogen-bond donors (Lipinski definition) is 1. The van der Waals surface area contributed by atoms with Gasteiger partial charge in [0.05, 0.1) is 6.54 Å². The number of nitrogens with one attached hydrogen (secondary N) is 1. The normalized spacial score (nSPS) is 11.1. The van der Waals surface area contributed by atoms with Crippen LogP contribution in [0.25, 0.3) is 0 Å². The van der Waals surface area contributed by atoms with Gasteiger partial charge in [0.25, 0.3) is 0 Å². The van der Waals surface area contributed by atoms with Crippen molar-refractivity contribution in [1.29, 1.82) is 0 Å². The van der Waals surface area contributed by atoms with Crippen LogP contribution in [0.3, 0.4) is 0 Å². The minimum Gasteiger partial charge on any atom is -0.329 e. The van der Waals surface area contributed by atoms with Crippen LogP contribution in [-0.2, 0) is 13.1 Å². The fraction of sp³-hybridized carbons (Fsp3) is 0.400. The molecule has 1 heterocycles. The lowest BCUT2D eigenvalue weighted by Crippen LogP contribution is -2.24. The molecule has 3 nitrogen and oxygen atoms in total. The van der Waals surface area contributed by atoms with Gasteiger partial charge in [-0.2, -0.15) is 0 Å². The van der Waals surface area contributed by atoms with Crippen LogP contribution in [-0.4, -0.2) is 15.6 Å². The van der Waals surface area contributed by atoms with Gasteiger partial charge in [-0.05, 0) is 12.5 Å². The zero-order valence-corrected chi connectivity index (χ0v) is 11.4. The summed E-state index contributed by atoms with van der Waals surface area (Å²) in [7, 11) is 0. The molecule has 0 spiro atoms. The molecule has 1 N–H and O–H groups in total. The number of rotatable bonds is 5. The molecule has 18 heavy (non-hydrogen) atoms. The SMILES string of the molecule is Cc1ccc(Cn2ccnc2CNC(C)C)cc1. The average Bonchev–Trinajstić information content (AvgIpc) is 2.77. The van der Waals surface area contributed by atoms with Crippen LogP contribution in [0, 0.1) is 6.92 Å². The maximum atomic E-state index is 4.40. The second-order valence-corrected chi connectivity index (χ2v) is 4.99. The highest BCUT2D eigenvalue weighted by Crippen LogP contribution is 2.07. The quantitative estimate of drug-likeness (QED) is 0.875. The monoisotopic (exact) mass is 243 g/mol. The summed E-state index contributed by atoms with van der Waals surface area (Å²) in [4.78, 5) is 4.40. The van der Waals surface area contributed by atoms with Gasteiger partial charge in [0.15, 0.2) is 0 Å². The molecule has 0 amide bonds. The molecule has 96 valence electrons. The smallest absolute Gasteiger partial charge is 0.122 e. The second-order valence-electron chi connectivity index (χ2n) is 4.99. The Morgan fingerprint density at radius 1 is 1.22 bits per heavy atom. The summed E-state index contributed by atoms with van der Waals surface area (Å²) < 4.78 is 2.19. The van der Waals surface area contributed by atoms with Crippen LogP contribution in [0.1, 0.15) is 30.8 Å². The Hall–Kier alpha value is -1.61. The molecule has 3 heteroatoms. The summed E-state index contributed by atoms with van der Waals surface area (Å²) in [5, 5.41) is 3.40. The van der Waals surface area contributed by atoms with E-state index in [1.54, 1.807) is 0 Å². The van der Waals surface area contributed by atoms with Crippen molar-refractivity contribution in [2.75, 3.05) is 0 Å². The van der Waals surface area contributed by atoms with E-state index in [4.69, 9.17) is 0 Å². The third-order valence-electron chi connectivity index (χ3n) is 2.94. The zero-order chi connectivity index (χ0) is 13.0. The van der Waals surface area contributed by atoms with Crippen LogP contribution in [0.5, 0.6) is 0 Å². The first-order chi connectivity index (χ1) is 8.65. The van der Waals surface area contributed by atoms with Crippen molar-refractivity contribution in [2.45, 2.75) is 39.9 Å². The van der Waals surface area contributed by atoms with Crippen LogP contribution in [0.2, 0.25) is 0 Å². The zero-order valence-electron chi connectivity index (χ0n) is 11.4. The Balaban J connectivity index is 2.05. The molecule has 0 radical (unpaired) electrons. The molecule has 0 aliphatic rings. The predicted octanol–water partition coefficient (Wildman–Crippen LogP) is 2.74. The van der Waals surface area contributed by atoms with Crippen LogP contribution >= 0.6 is 0 Å². The molecule has 0 aliphatic heterocycles. The van der Waals surface area contributed by atoms with Gasteiger partial charge in [-0.15, -0.1) is 0 Å². The highest BCUT2D eigenvalue weighted by molar-refractivity contribution is 5.21. The number of nitrogens with zero attached hydrogens (tertiary/aromatic N) is 2. The van der Waals surface area contributed by atoms with Crippen molar-refractivity contribution < 1.29 is 0 Å². The van der Waals surface area contributed by atoms with E-state index in [9.17, 15) is 0 Å². The topological polar surface area (TPSA) is 29.9 Å². The van der Waals surface area contributed by atoms with E-state index in [-0.39, 0.29) is 0 Å². The average molecular weight is 243 g/mol. The first-order valence-corrected chi connectivity index (χ1v) is 6.44. The van der Waals surface area contributed by atoms with E-state index < -0.39 is 0 Å². The molecular weight excluding hydrogens is 222 g/mol. The summed E-state index contributed by atoms with van der Waals surface area (Å²) in [6.45, 7) is 8.10. The van der Waals surface area contributed by atoms with E-state index >= 15 is 0 Å². The summed E-state index contributed by atoms with van der Waals surface area (Å²) >= 11 is 0. The summed E-state index contributed by atoms with van der Waals surface area (Å²) in [5.41, 5.74) is 2.61. The van der Waals surface area contributed by atoms with Crippen LogP contribution in [0.15, 0.2) is 36.7 Å². The fourth-order valence-electron chi connectivity index (χ4n) is 1.84. The number of imidazole rings is 1. The minimum atomic E-state index is 0.481. The molecular formula is C15H21N3. The first-order valence-electron chi connectivity index (χ1n) is 6.44. The molecule has 0 saturated heterocycles. The van der Waals surface area contributed by atoms with Crippen molar-refractivity contribution in [3.8, 4) is 0 Å². The Labute approximate surface area is 109 Å². The van der Waals surface area contributed by atoms with E-state index in [0.717, 1.165) is 18.9 Å². The van der Waals surface area contributed by atoms with Crippen molar-refractivity contribution in [1.82, 2.24) is 14.9 Å². The van der Waals surface area contributed by atoms with E-state index in [0.29, 0.717) is 6.04 Å². The molecule has 0 saturated carbocycles. The largest absolute Gasteiger partial charge is 0.329 e. The molecule has 0 bridgehead atoms. The summed E-state index contributed by atoms with van der Waals surface area (Å²) in [6.07, 6.45) is 3.91. The maximum absolute atomic E-state index is 4.40. The third-order valence-corrected chi connectivity index (χ3v) is 2.94. The Morgan fingerprint density at radius 2 is 1.94 bits per heavy atom. The lowest BCUT2D eigenvalue weighted by Gasteiger charge is -2.11. The maximum Gasteiger partial charge on any atom is 0.122 e. The Kier molecular flexibility index (Phi) is 4.15. The molecule has 2 rings (SSSR count). The molecule has 0 atom stereocenters. The standard InChI is InChI=1S/C15H21N3/c1-12(2)17-10-15-16-8-9-18(15)11-14-6-4-13(3)5-7-14/h4-9,12,17H,10-11H2,1-3H3. The second kappa shape index (κ2) is 5.83. The van der Waals surface area contributed by atoms with Crippen molar-refractivity contribution in [3.05, 3.63) is 53.6 Å². The van der Waals surface area contributed by atoms with E-state index in [1.807, 2.05) is 12.4 Å². The van der Waals surface area contributed by atoms with Crippen LogP contribution in [0.4, 0.5) is 0 Å². The Morgan fingerprint density at radius 3 is 2.61 bits per heavy atom. The number of aromatic nitrogens is 2. The lowest BCUT2D eigenvalue weighted by molar-refractivity contribution is 0.554. The van der Waals surface area contributed by atoms with Gasteiger partial charge >= 0.3 is 0 Å². The van der Waals surface area contributed by atoms with Gasteiger partial charge in [0.1, 0.15) is 5.82 Å². The van der Waals surface area contributed by atoms with Gasteiger partial charge < -0.3 is 9.88 Å². The molecule has 1 aromatic carbocycles. The molecule has 0 fully saturated rings. The highest BCUT2D eigenvalue weighted by Gasteiger charge is 2.04. The highest BCUT2D eigenvalue weighted by atomic mass is 15.1. The first kappa shape index (κ1) is 12.8. The molecule has 0 aliphatic carbocycles. The van der Waals surface area contributed by atoms with Gasteiger partial charge in [-0.1, -0.05) is 43.7 Å². The lowest BCUT2D eigenvalue weighted by atomic mass is 10.1. The number of hydrogen-bond acceptors (Lipinski definition) is 2. The van der Waals surface area contributed by atoms with Gasteiger partial charge in [-0.3, -0.25) is 0 Å².